The van der Waals surface area contributed by atoms with E-state index in [1.54, 1.807) is 61.7 Å². The predicted octanol–water partition coefficient (Wildman–Crippen LogP) is 4.27. The molecule has 0 radical (unpaired) electrons. The second-order valence-corrected chi connectivity index (χ2v) is 9.43. The first-order chi connectivity index (χ1) is 16.4. The van der Waals surface area contributed by atoms with Gasteiger partial charge in [0.1, 0.15) is 12.3 Å². The summed E-state index contributed by atoms with van der Waals surface area (Å²) in [5, 5.41) is 3.28. The van der Waals surface area contributed by atoms with Gasteiger partial charge in [-0.05, 0) is 48.5 Å². The molecule has 34 heavy (non-hydrogen) atoms. The van der Waals surface area contributed by atoms with Crippen LogP contribution < -0.4 is 19.9 Å². The highest BCUT2D eigenvalue weighted by Crippen LogP contribution is 2.55. The van der Waals surface area contributed by atoms with E-state index in [-0.39, 0.29) is 30.0 Å². The molecule has 0 aromatic heterocycles. The number of anilines is 3. The molecule has 9 heteroatoms. The number of para-hydroxylation sites is 1. The number of hydrogen-bond donors (Lipinski definition) is 1. The van der Waals surface area contributed by atoms with Crippen LogP contribution in [0.15, 0.2) is 72.8 Å². The molecule has 3 aromatic rings. The van der Waals surface area contributed by atoms with Crippen LogP contribution in [0, 0.1) is 0 Å². The minimum absolute atomic E-state index is 0.137. The van der Waals surface area contributed by atoms with E-state index in [4.69, 9.17) is 16.3 Å². The molecule has 0 unspecified atom stereocenters. The second-order valence-electron chi connectivity index (χ2n) is 7.83. The quantitative estimate of drug-likeness (QED) is 0.574. The van der Waals surface area contributed by atoms with Gasteiger partial charge in [-0.25, -0.2) is 0 Å². The van der Waals surface area contributed by atoms with Crippen LogP contribution in [0.25, 0.3) is 0 Å². The smallest absolute Gasteiger partial charge is 0.269 e. The molecule has 2 heterocycles. The lowest BCUT2D eigenvalue weighted by Gasteiger charge is -2.33. The average Bonchev–Trinajstić information content (AvgIpc) is 3.30. The van der Waals surface area contributed by atoms with E-state index in [2.05, 4.69) is 5.32 Å². The number of thioether (sulfide) groups is 1. The molecule has 1 fully saturated rings. The van der Waals surface area contributed by atoms with E-state index in [9.17, 15) is 14.4 Å². The number of nitrogens with zero attached hydrogens (tertiary/aromatic N) is 2. The number of hydrogen-bond acceptors (Lipinski definition) is 5. The molecule has 1 spiro atoms. The number of fused-ring (bicyclic) bond motifs is 2. The van der Waals surface area contributed by atoms with Gasteiger partial charge in [-0.2, -0.15) is 0 Å². The Morgan fingerprint density at radius 1 is 1.09 bits per heavy atom. The van der Waals surface area contributed by atoms with Crippen molar-refractivity contribution in [3.63, 3.8) is 0 Å². The molecular weight excluding hydrogens is 474 g/mol. The summed E-state index contributed by atoms with van der Waals surface area (Å²) in [5.74, 6) is -0.0747. The summed E-state index contributed by atoms with van der Waals surface area (Å²) in [6, 6.07) is 21.1. The maximum Gasteiger partial charge on any atom is 0.269 e. The minimum atomic E-state index is -1.29. The van der Waals surface area contributed by atoms with E-state index in [1.165, 1.54) is 21.6 Å². The molecule has 3 amide bonds. The van der Waals surface area contributed by atoms with Crippen molar-refractivity contribution in [2.45, 2.75) is 4.87 Å². The number of carbonyl (C=O) groups is 3. The van der Waals surface area contributed by atoms with Crippen LogP contribution in [0.2, 0.25) is 5.02 Å². The number of halogens is 1. The summed E-state index contributed by atoms with van der Waals surface area (Å²) >= 11 is 7.45. The first-order valence-corrected chi connectivity index (χ1v) is 11.9. The molecule has 2 aliphatic heterocycles. The molecule has 5 rings (SSSR count). The fraction of sp³-hybridized carbons (Fsp3) is 0.160. The second kappa shape index (κ2) is 8.70. The van der Waals surface area contributed by atoms with Crippen LogP contribution >= 0.6 is 23.4 Å². The largest absolute Gasteiger partial charge is 0.497 e. The van der Waals surface area contributed by atoms with Crippen molar-refractivity contribution >= 4 is 58.1 Å². The van der Waals surface area contributed by atoms with Crippen LogP contribution in [0.5, 0.6) is 5.75 Å². The third kappa shape index (κ3) is 3.59. The SMILES string of the molecule is COc1ccc(NC(=O)CN2C(=O)[C@]3(SCC(=O)N3c3cccc(Cl)c3)c3ccccc32)cc1. The van der Waals surface area contributed by atoms with Gasteiger partial charge < -0.3 is 10.1 Å². The van der Waals surface area contributed by atoms with Gasteiger partial charge in [0, 0.05) is 22.0 Å². The fourth-order valence-corrected chi connectivity index (χ4v) is 5.89. The van der Waals surface area contributed by atoms with E-state index in [0.29, 0.717) is 33.4 Å². The topological polar surface area (TPSA) is 79.0 Å². The van der Waals surface area contributed by atoms with Gasteiger partial charge in [0.15, 0.2) is 0 Å². The average molecular weight is 494 g/mol. The summed E-state index contributed by atoms with van der Waals surface area (Å²) in [6.45, 7) is -0.193. The maximum absolute atomic E-state index is 14.0. The van der Waals surface area contributed by atoms with E-state index in [1.807, 2.05) is 18.2 Å². The molecule has 1 saturated heterocycles. The first-order valence-electron chi connectivity index (χ1n) is 10.5. The molecule has 0 saturated carbocycles. The molecule has 1 N–H and O–H groups in total. The molecule has 1 atom stereocenters. The number of benzene rings is 3. The summed E-state index contributed by atoms with van der Waals surface area (Å²) in [5.41, 5.74) is 2.40. The molecule has 0 bridgehead atoms. The van der Waals surface area contributed by atoms with Crippen molar-refractivity contribution in [1.82, 2.24) is 0 Å². The number of rotatable bonds is 5. The monoisotopic (exact) mass is 493 g/mol. The maximum atomic E-state index is 14.0. The Kier molecular flexibility index (Phi) is 5.71. The first kappa shape index (κ1) is 22.3. The molecule has 3 aromatic carbocycles. The third-order valence-corrected chi connectivity index (χ3v) is 7.43. The number of ether oxygens (including phenoxy) is 1. The van der Waals surface area contributed by atoms with Crippen LogP contribution in [0.4, 0.5) is 17.1 Å². The molecular formula is C25H20ClN3O4S. The predicted molar refractivity (Wildman–Crippen MR) is 133 cm³/mol. The van der Waals surface area contributed by atoms with E-state index >= 15 is 0 Å². The summed E-state index contributed by atoms with van der Waals surface area (Å²) < 4.78 is 5.14. The minimum Gasteiger partial charge on any atom is -0.497 e. The van der Waals surface area contributed by atoms with Crippen LogP contribution in [0.3, 0.4) is 0 Å². The fourth-order valence-electron chi connectivity index (χ4n) is 4.35. The Morgan fingerprint density at radius 3 is 2.59 bits per heavy atom. The zero-order valence-electron chi connectivity index (χ0n) is 18.2. The van der Waals surface area contributed by atoms with Crippen molar-refractivity contribution in [3.05, 3.63) is 83.4 Å². The Hall–Kier alpha value is -3.49. The van der Waals surface area contributed by atoms with E-state index in [0.717, 1.165) is 0 Å². The molecule has 7 nitrogen and oxygen atoms in total. The summed E-state index contributed by atoms with van der Waals surface area (Å²) in [7, 11) is 1.57. The van der Waals surface area contributed by atoms with Crippen LogP contribution in [0.1, 0.15) is 5.56 Å². The van der Waals surface area contributed by atoms with Gasteiger partial charge in [0.05, 0.1) is 18.6 Å². The van der Waals surface area contributed by atoms with Gasteiger partial charge in [-0.15, -0.1) is 11.8 Å². The van der Waals surface area contributed by atoms with Crippen molar-refractivity contribution in [2.24, 2.45) is 0 Å². The zero-order valence-corrected chi connectivity index (χ0v) is 19.7. The number of carbonyl (C=O) groups excluding carboxylic acids is 3. The normalized spacial score (nSPS) is 19.0. The third-order valence-electron chi connectivity index (χ3n) is 5.81. The van der Waals surface area contributed by atoms with Crippen molar-refractivity contribution in [1.29, 1.82) is 0 Å². The summed E-state index contributed by atoms with van der Waals surface area (Å²) in [4.78, 5) is 41.5. The number of methoxy groups -OCH3 is 1. The van der Waals surface area contributed by atoms with Gasteiger partial charge in [0.2, 0.25) is 16.7 Å². The van der Waals surface area contributed by atoms with Gasteiger partial charge in [-0.1, -0.05) is 35.9 Å². The molecule has 172 valence electrons. The van der Waals surface area contributed by atoms with Crippen molar-refractivity contribution in [3.8, 4) is 5.75 Å². The Morgan fingerprint density at radius 2 is 1.85 bits per heavy atom. The highest BCUT2D eigenvalue weighted by molar-refractivity contribution is 8.02. The Bertz CT molecular complexity index is 1300. The molecule has 2 aliphatic rings. The van der Waals surface area contributed by atoms with E-state index < -0.39 is 4.87 Å². The van der Waals surface area contributed by atoms with Crippen molar-refractivity contribution in [2.75, 3.05) is 34.5 Å². The lowest BCUT2D eigenvalue weighted by atomic mass is 10.0. The van der Waals surface area contributed by atoms with Crippen molar-refractivity contribution < 1.29 is 19.1 Å². The zero-order chi connectivity index (χ0) is 23.9. The standard InChI is InChI=1S/C25H20ClN3O4S/c1-33-19-11-9-17(10-12-19)27-22(30)14-28-21-8-3-2-7-20(21)25(24(28)32)29(23(31)15-34-25)18-6-4-5-16(26)13-18/h2-13H,14-15H2,1H3,(H,27,30)/t25-/m1/s1. The summed E-state index contributed by atoms with van der Waals surface area (Å²) in [6.07, 6.45) is 0. The van der Waals surface area contributed by atoms with Gasteiger partial charge in [0.25, 0.3) is 5.91 Å². The number of amides is 3. The van der Waals surface area contributed by atoms with Crippen LogP contribution in [-0.2, 0) is 19.3 Å². The Labute approximate surface area is 205 Å². The number of nitrogens with one attached hydrogen (secondary N) is 1. The lowest BCUT2D eigenvalue weighted by molar-refractivity contribution is -0.124. The highest BCUT2D eigenvalue weighted by Gasteiger charge is 2.61. The highest BCUT2D eigenvalue weighted by atomic mass is 35.5. The van der Waals surface area contributed by atoms with Crippen LogP contribution in [-0.4, -0.2) is 37.1 Å². The van der Waals surface area contributed by atoms with Gasteiger partial charge >= 0.3 is 0 Å². The lowest BCUT2D eigenvalue weighted by Crippen LogP contribution is -2.50. The van der Waals surface area contributed by atoms with Gasteiger partial charge in [-0.3, -0.25) is 24.2 Å². The Balaban J connectivity index is 1.48. The molecule has 0 aliphatic carbocycles.